The Labute approximate surface area is 215 Å². The first kappa shape index (κ1) is 28.9. The van der Waals surface area contributed by atoms with Crippen LogP contribution in [0.25, 0.3) is 12.2 Å². The first-order chi connectivity index (χ1) is 16.7. The van der Waals surface area contributed by atoms with E-state index in [1.165, 1.54) is 4.90 Å². The summed E-state index contributed by atoms with van der Waals surface area (Å²) in [6.07, 6.45) is 9.09. The molecule has 0 amide bonds. The number of thioether (sulfide) groups is 1. The molecule has 0 radical (unpaired) electrons. The monoisotopic (exact) mass is 514 g/mol. The maximum atomic E-state index is 12.5. The first-order valence-electron chi connectivity index (χ1n) is 12.3. The van der Waals surface area contributed by atoms with Gasteiger partial charge in [0.05, 0.1) is 17.3 Å². The molecule has 0 saturated heterocycles. The van der Waals surface area contributed by atoms with Crippen LogP contribution in [-0.2, 0) is 19.4 Å². The number of rotatable bonds is 15. The van der Waals surface area contributed by atoms with Crippen LogP contribution in [0.2, 0.25) is 0 Å². The average molecular weight is 515 g/mol. The van der Waals surface area contributed by atoms with Crippen LogP contribution >= 0.6 is 11.8 Å². The second-order valence-electron chi connectivity index (χ2n) is 8.95. The van der Waals surface area contributed by atoms with Gasteiger partial charge in [-0.15, -0.1) is 11.8 Å². The van der Waals surface area contributed by atoms with Crippen molar-refractivity contribution in [2.45, 2.75) is 62.7 Å². The topological polar surface area (TPSA) is 60.4 Å². The van der Waals surface area contributed by atoms with E-state index < -0.39 is 9.84 Å². The standard InChI is InChI=1S/C29H38O4S2/c1-5-24(4)22-35(31,32)28-18-14-26(15-19-28)11-10-25-12-16-27(17-13-25)34-21-9-7-6-8-20-33-29(30)23(2)3/h10-19,24H,2,5-9,20-22H2,1,3-4H3/t24-/m1/s1. The van der Waals surface area contributed by atoms with Gasteiger partial charge in [-0.3, -0.25) is 0 Å². The van der Waals surface area contributed by atoms with E-state index in [-0.39, 0.29) is 17.6 Å². The first-order valence-corrected chi connectivity index (χ1v) is 14.9. The molecule has 190 valence electrons. The van der Waals surface area contributed by atoms with Gasteiger partial charge in [0.2, 0.25) is 0 Å². The molecule has 2 rings (SSSR count). The van der Waals surface area contributed by atoms with Crippen molar-refractivity contribution in [2.75, 3.05) is 18.1 Å². The lowest BCUT2D eigenvalue weighted by molar-refractivity contribution is -0.139. The van der Waals surface area contributed by atoms with Gasteiger partial charge in [-0.2, -0.15) is 0 Å². The van der Waals surface area contributed by atoms with Crippen molar-refractivity contribution >= 4 is 39.7 Å². The van der Waals surface area contributed by atoms with Gasteiger partial charge in [-0.1, -0.05) is 76.1 Å². The molecule has 1 atom stereocenters. The second-order valence-corrected chi connectivity index (χ2v) is 12.1. The van der Waals surface area contributed by atoms with Gasteiger partial charge in [-0.05, 0) is 66.8 Å². The summed E-state index contributed by atoms with van der Waals surface area (Å²) in [6.45, 7) is 9.68. The number of ether oxygens (including phenoxy) is 1. The molecule has 0 aliphatic carbocycles. The summed E-state index contributed by atoms with van der Waals surface area (Å²) in [5, 5.41) is 0. The molecule has 0 aliphatic heterocycles. The van der Waals surface area contributed by atoms with Crippen LogP contribution in [0.5, 0.6) is 0 Å². The lowest BCUT2D eigenvalue weighted by Crippen LogP contribution is -2.13. The largest absolute Gasteiger partial charge is 0.462 e. The lowest BCUT2D eigenvalue weighted by Gasteiger charge is -2.09. The molecule has 4 nitrogen and oxygen atoms in total. The van der Waals surface area contributed by atoms with Crippen LogP contribution in [0.15, 0.2) is 70.5 Å². The predicted molar refractivity (Wildman–Crippen MR) is 148 cm³/mol. The smallest absolute Gasteiger partial charge is 0.333 e. The van der Waals surface area contributed by atoms with E-state index in [1.54, 1.807) is 19.1 Å². The summed E-state index contributed by atoms with van der Waals surface area (Å²) in [5.41, 5.74) is 2.52. The third-order valence-corrected chi connectivity index (χ3v) is 8.77. The molecule has 6 heteroatoms. The minimum atomic E-state index is -3.23. The number of sulfone groups is 1. The minimum absolute atomic E-state index is 0.158. The van der Waals surface area contributed by atoms with Crippen LogP contribution in [0.4, 0.5) is 0 Å². The van der Waals surface area contributed by atoms with Crippen molar-refractivity contribution in [2.24, 2.45) is 5.92 Å². The Morgan fingerprint density at radius 2 is 1.54 bits per heavy atom. The number of hydrogen-bond acceptors (Lipinski definition) is 5. The molecular formula is C29H38O4S2. The number of esters is 1. The molecule has 0 spiro atoms. The molecule has 0 aromatic heterocycles. The van der Waals surface area contributed by atoms with Crippen LogP contribution in [0.1, 0.15) is 64.0 Å². The Kier molecular flexibility index (Phi) is 12.4. The normalized spacial score (nSPS) is 12.5. The predicted octanol–water partition coefficient (Wildman–Crippen LogP) is 7.45. The molecule has 0 N–H and O–H groups in total. The summed E-state index contributed by atoms with van der Waals surface area (Å²) in [4.78, 5) is 12.9. The van der Waals surface area contributed by atoms with Gasteiger partial charge in [0.15, 0.2) is 9.84 Å². The fourth-order valence-electron chi connectivity index (χ4n) is 3.28. The molecule has 0 fully saturated rings. The highest BCUT2D eigenvalue weighted by Gasteiger charge is 2.17. The summed E-state index contributed by atoms with van der Waals surface area (Å²) in [7, 11) is -3.23. The average Bonchev–Trinajstić information content (AvgIpc) is 2.84. The summed E-state index contributed by atoms with van der Waals surface area (Å²) in [5.74, 6) is 1.11. The Morgan fingerprint density at radius 3 is 2.11 bits per heavy atom. The van der Waals surface area contributed by atoms with E-state index in [4.69, 9.17) is 4.74 Å². The van der Waals surface area contributed by atoms with Crippen LogP contribution < -0.4 is 0 Å². The van der Waals surface area contributed by atoms with Gasteiger partial charge in [0, 0.05) is 10.5 Å². The Bertz CT molecular complexity index is 1070. The Balaban J connectivity index is 1.72. The molecule has 0 unspecified atom stereocenters. The third kappa shape index (κ3) is 10.9. The molecule has 0 heterocycles. The van der Waals surface area contributed by atoms with E-state index in [2.05, 4.69) is 30.8 Å². The fraction of sp³-hybridized carbons (Fsp3) is 0.414. The van der Waals surface area contributed by atoms with Crippen molar-refractivity contribution in [1.82, 2.24) is 0 Å². The zero-order valence-corrected chi connectivity index (χ0v) is 22.8. The van der Waals surface area contributed by atoms with Gasteiger partial charge in [0.1, 0.15) is 0 Å². The molecule has 2 aromatic carbocycles. The number of carbonyl (C=O) groups excluding carboxylic acids is 1. The lowest BCUT2D eigenvalue weighted by atomic mass is 10.1. The molecule has 0 saturated carbocycles. The van der Waals surface area contributed by atoms with Crippen LogP contribution in [-0.4, -0.2) is 32.5 Å². The SMILES string of the molecule is C=C(C)C(=O)OCCCCCCSc1ccc(C=Cc2ccc(S(=O)(=O)C[C@H](C)CC)cc2)cc1. The van der Waals surface area contributed by atoms with Crippen molar-refractivity contribution in [3.05, 3.63) is 71.8 Å². The number of hydrogen-bond donors (Lipinski definition) is 0. The number of unbranched alkanes of at least 4 members (excludes halogenated alkanes) is 3. The number of benzene rings is 2. The molecule has 35 heavy (non-hydrogen) atoms. The number of carbonyl (C=O) groups is 1. The van der Waals surface area contributed by atoms with Gasteiger partial charge in [0.25, 0.3) is 0 Å². The summed E-state index contributed by atoms with van der Waals surface area (Å²) in [6, 6.07) is 15.6. The zero-order chi connectivity index (χ0) is 25.7. The molecule has 2 aromatic rings. The Hall–Kier alpha value is -2.31. The van der Waals surface area contributed by atoms with Crippen LogP contribution in [0, 0.1) is 5.92 Å². The van der Waals surface area contributed by atoms with Gasteiger partial charge < -0.3 is 4.74 Å². The highest BCUT2D eigenvalue weighted by Crippen LogP contribution is 2.22. The van der Waals surface area contributed by atoms with E-state index in [0.717, 1.165) is 49.0 Å². The van der Waals surface area contributed by atoms with Gasteiger partial charge in [-0.25, -0.2) is 13.2 Å². The van der Waals surface area contributed by atoms with Crippen LogP contribution in [0.3, 0.4) is 0 Å². The van der Waals surface area contributed by atoms with E-state index in [0.29, 0.717) is 17.1 Å². The molecule has 0 bridgehead atoms. The van der Waals surface area contributed by atoms with Gasteiger partial charge >= 0.3 is 5.97 Å². The Morgan fingerprint density at radius 1 is 0.971 bits per heavy atom. The minimum Gasteiger partial charge on any atom is -0.462 e. The molecule has 0 aliphatic rings. The quantitative estimate of drug-likeness (QED) is 0.0812. The van der Waals surface area contributed by atoms with Crippen molar-refractivity contribution in [3.63, 3.8) is 0 Å². The fourth-order valence-corrected chi connectivity index (χ4v) is 5.92. The van der Waals surface area contributed by atoms with E-state index in [9.17, 15) is 13.2 Å². The van der Waals surface area contributed by atoms with E-state index >= 15 is 0 Å². The maximum Gasteiger partial charge on any atom is 0.333 e. The highest BCUT2D eigenvalue weighted by molar-refractivity contribution is 7.99. The van der Waals surface area contributed by atoms with Crippen molar-refractivity contribution in [3.8, 4) is 0 Å². The second kappa shape index (κ2) is 14.9. The van der Waals surface area contributed by atoms with Crippen molar-refractivity contribution < 1.29 is 17.9 Å². The maximum absolute atomic E-state index is 12.5. The van der Waals surface area contributed by atoms with Crippen molar-refractivity contribution in [1.29, 1.82) is 0 Å². The summed E-state index contributed by atoms with van der Waals surface area (Å²) < 4.78 is 30.1. The van der Waals surface area contributed by atoms with E-state index in [1.807, 2.05) is 49.9 Å². The third-order valence-electron chi connectivity index (χ3n) is 5.68. The summed E-state index contributed by atoms with van der Waals surface area (Å²) >= 11 is 1.85. The zero-order valence-electron chi connectivity index (χ0n) is 21.2. The molecular weight excluding hydrogens is 476 g/mol. The highest BCUT2D eigenvalue weighted by atomic mass is 32.2.